The molecule has 0 saturated heterocycles. The van der Waals surface area contributed by atoms with Gasteiger partial charge in [-0.15, -0.1) is 0 Å². The Morgan fingerprint density at radius 3 is 2.76 bits per heavy atom. The summed E-state index contributed by atoms with van der Waals surface area (Å²) in [6, 6.07) is 8.48. The second-order valence-corrected chi connectivity index (χ2v) is 4.86. The van der Waals surface area contributed by atoms with E-state index in [0.29, 0.717) is 30.4 Å². The van der Waals surface area contributed by atoms with Crippen LogP contribution < -0.4 is 14.8 Å². The van der Waals surface area contributed by atoms with Gasteiger partial charge in [-0.05, 0) is 37.3 Å². The minimum atomic E-state index is -0.463. The predicted octanol–water partition coefficient (Wildman–Crippen LogP) is 3.91. The van der Waals surface area contributed by atoms with E-state index in [0.717, 1.165) is 12.1 Å². The Morgan fingerprint density at radius 1 is 1.10 bits per heavy atom. The summed E-state index contributed by atoms with van der Waals surface area (Å²) in [7, 11) is 0. The lowest BCUT2D eigenvalue weighted by atomic mass is 10.1. The molecule has 3 rings (SSSR count). The molecule has 2 aromatic carbocycles. The van der Waals surface area contributed by atoms with Crippen molar-refractivity contribution in [2.75, 3.05) is 18.5 Å². The third-order valence-electron chi connectivity index (χ3n) is 3.36. The maximum absolute atomic E-state index is 13.8. The average Bonchev–Trinajstić information content (AvgIpc) is 2.50. The lowest BCUT2D eigenvalue weighted by Gasteiger charge is -2.23. The molecule has 1 aliphatic rings. The van der Waals surface area contributed by atoms with E-state index in [1.807, 2.05) is 18.2 Å². The summed E-state index contributed by atoms with van der Waals surface area (Å²) in [5, 5.41) is 3.14. The van der Waals surface area contributed by atoms with E-state index in [9.17, 15) is 8.78 Å². The van der Waals surface area contributed by atoms with Gasteiger partial charge in [0.2, 0.25) is 0 Å². The van der Waals surface area contributed by atoms with Crippen LogP contribution in [-0.4, -0.2) is 13.2 Å². The largest absolute Gasteiger partial charge is 0.486 e. The molecule has 21 heavy (non-hydrogen) atoms. The third kappa shape index (κ3) is 2.77. The SMILES string of the molecule is CC(Nc1cccc2c1OCCO2)c1cc(F)ccc1F. The summed E-state index contributed by atoms with van der Waals surface area (Å²) in [6.07, 6.45) is 0. The fourth-order valence-electron chi connectivity index (χ4n) is 2.34. The number of halogens is 2. The topological polar surface area (TPSA) is 30.5 Å². The number of fused-ring (bicyclic) bond motifs is 1. The lowest BCUT2D eigenvalue weighted by Crippen LogP contribution is -2.17. The van der Waals surface area contributed by atoms with E-state index >= 15 is 0 Å². The summed E-state index contributed by atoms with van der Waals surface area (Å²) >= 11 is 0. The van der Waals surface area contributed by atoms with Crippen molar-refractivity contribution < 1.29 is 18.3 Å². The highest BCUT2D eigenvalue weighted by Crippen LogP contribution is 2.38. The zero-order valence-electron chi connectivity index (χ0n) is 11.5. The minimum absolute atomic E-state index is 0.268. The van der Waals surface area contributed by atoms with E-state index in [1.165, 1.54) is 6.07 Å². The Bertz CT molecular complexity index is 661. The van der Waals surface area contributed by atoms with Crippen molar-refractivity contribution >= 4 is 5.69 Å². The number of hydrogen-bond donors (Lipinski definition) is 1. The van der Waals surface area contributed by atoms with Crippen LogP contribution in [0.4, 0.5) is 14.5 Å². The molecule has 0 radical (unpaired) electrons. The third-order valence-corrected chi connectivity index (χ3v) is 3.36. The summed E-state index contributed by atoms with van der Waals surface area (Å²) < 4.78 is 38.2. The quantitative estimate of drug-likeness (QED) is 0.930. The fourth-order valence-corrected chi connectivity index (χ4v) is 2.34. The second kappa shape index (κ2) is 5.60. The molecule has 0 bridgehead atoms. The molecule has 2 aromatic rings. The van der Waals surface area contributed by atoms with Crippen LogP contribution in [0.1, 0.15) is 18.5 Å². The van der Waals surface area contributed by atoms with Crippen molar-refractivity contribution in [3.8, 4) is 11.5 Å². The molecule has 1 N–H and O–H groups in total. The van der Waals surface area contributed by atoms with Gasteiger partial charge in [0.25, 0.3) is 0 Å². The van der Waals surface area contributed by atoms with Gasteiger partial charge in [-0.25, -0.2) is 8.78 Å². The van der Waals surface area contributed by atoms with E-state index in [2.05, 4.69) is 5.32 Å². The van der Waals surface area contributed by atoms with Crippen LogP contribution in [0, 0.1) is 11.6 Å². The maximum atomic E-state index is 13.8. The van der Waals surface area contributed by atoms with Crippen molar-refractivity contribution in [2.45, 2.75) is 13.0 Å². The molecule has 0 fully saturated rings. The zero-order valence-corrected chi connectivity index (χ0v) is 11.5. The Kier molecular flexibility index (Phi) is 3.64. The Hall–Kier alpha value is -2.30. The first-order valence-electron chi connectivity index (χ1n) is 6.75. The van der Waals surface area contributed by atoms with E-state index in [4.69, 9.17) is 9.47 Å². The van der Waals surface area contributed by atoms with Gasteiger partial charge in [0.05, 0.1) is 11.7 Å². The monoisotopic (exact) mass is 291 g/mol. The van der Waals surface area contributed by atoms with Crippen molar-refractivity contribution in [2.24, 2.45) is 0 Å². The normalized spacial score (nSPS) is 14.6. The average molecular weight is 291 g/mol. The molecule has 0 spiro atoms. The van der Waals surface area contributed by atoms with Crippen LogP contribution in [0.15, 0.2) is 36.4 Å². The Morgan fingerprint density at radius 2 is 1.90 bits per heavy atom. The van der Waals surface area contributed by atoms with Gasteiger partial charge in [-0.3, -0.25) is 0 Å². The van der Waals surface area contributed by atoms with Crippen LogP contribution in [-0.2, 0) is 0 Å². The van der Waals surface area contributed by atoms with E-state index in [1.54, 1.807) is 6.92 Å². The second-order valence-electron chi connectivity index (χ2n) is 4.86. The number of ether oxygens (including phenoxy) is 2. The highest BCUT2D eigenvalue weighted by atomic mass is 19.1. The lowest BCUT2D eigenvalue weighted by molar-refractivity contribution is 0.172. The van der Waals surface area contributed by atoms with Crippen LogP contribution in [0.2, 0.25) is 0 Å². The molecular formula is C16H15F2NO2. The maximum Gasteiger partial charge on any atom is 0.184 e. The van der Waals surface area contributed by atoms with E-state index < -0.39 is 17.7 Å². The molecule has 1 aliphatic heterocycles. The van der Waals surface area contributed by atoms with Gasteiger partial charge in [-0.1, -0.05) is 6.07 Å². The first-order valence-corrected chi connectivity index (χ1v) is 6.75. The summed E-state index contributed by atoms with van der Waals surface area (Å²) in [4.78, 5) is 0. The molecule has 3 nitrogen and oxygen atoms in total. The van der Waals surface area contributed by atoms with Gasteiger partial charge in [-0.2, -0.15) is 0 Å². The highest BCUT2D eigenvalue weighted by molar-refractivity contribution is 5.64. The number of nitrogens with one attached hydrogen (secondary N) is 1. The fraction of sp³-hybridized carbons (Fsp3) is 0.250. The Labute approximate surface area is 121 Å². The molecule has 1 atom stereocenters. The zero-order chi connectivity index (χ0) is 14.8. The smallest absolute Gasteiger partial charge is 0.184 e. The van der Waals surface area contributed by atoms with Crippen molar-refractivity contribution in [1.29, 1.82) is 0 Å². The van der Waals surface area contributed by atoms with Crippen LogP contribution in [0.25, 0.3) is 0 Å². The number of anilines is 1. The molecule has 1 heterocycles. The summed E-state index contributed by atoms with van der Waals surface area (Å²) in [6.45, 7) is 2.74. The van der Waals surface area contributed by atoms with Gasteiger partial charge >= 0.3 is 0 Å². The molecule has 0 aliphatic carbocycles. The molecule has 1 unspecified atom stereocenters. The minimum Gasteiger partial charge on any atom is -0.486 e. The molecule has 5 heteroatoms. The van der Waals surface area contributed by atoms with Crippen LogP contribution in [0.5, 0.6) is 11.5 Å². The Balaban J connectivity index is 1.88. The molecule has 0 saturated carbocycles. The predicted molar refractivity (Wildman–Crippen MR) is 75.8 cm³/mol. The van der Waals surface area contributed by atoms with Gasteiger partial charge in [0.15, 0.2) is 11.5 Å². The first-order chi connectivity index (χ1) is 10.1. The molecule has 0 aromatic heterocycles. The standard InChI is InChI=1S/C16H15F2NO2/c1-10(12-9-11(17)5-6-13(12)18)19-14-3-2-4-15-16(14)21-8-7-20-15/h2-6,9-10,19H,7-8H2,1H3. The highest BCUT2D eigenvalue weighted by Gasteiger charge is 2.18. The van der Waals surface area contributed by atoms with Crippen LogP contribution in [0.3, 0.4) is 0 Å². The van der Waals surface area contributed by atoms with Crippen LogP contribution >= 0.6 is 0 Å². The number of para-hydroxylation sites is 1. The van der Waals surface area contributed by atoms with Crippen molar-refractivity contribution in [3.05, 3.63) is 53.6 Å². The molecular weight excluding hydrogens is 276 g/mol. The van der Waals surface area contributed by atoms with Crippen molar-refractivity contribution in [1.82, 2.24) is 0 Å². The number of hydrogen-bond acceptors (Lipinski definition) is 3. The summed E-state index contributed by atoms with van der Waals surface area (Å²) in [5.41, 5.74) is 0.965. The van der Waals surface area contributed by atoms with E-state index in [-0.39, 0.29) is 5.56 Å². The van der Waals surface area contributed by atoms with Crippen molar-refractivity contribution in [3.63, 3.8) is 0 Å². The summed E-state index contributed by atoms with van der Waals surface area (Å²) in [5.74, 6) is 0.346. The van der Waals surface area contributed by atoms with Gasteiger partial charge < -0.3 is 14.8 Å². The van der Waals surface area contributed by atoms with Gasteiger partial charge in [0, 0.05) is 5.56 Å². The first kappa shape index (κ1) is 13.7. The molecule has 0 amide bonds. The van der Waals surface area contributed by atoms with Gasteiger partial charge in [0.1, 0.15) is 24.8 Å². The number of rotatable bonds is 3. The molecule has 110 valence electrons. The number of benzene rings is 2.